The lowest BCUT2D eigenvalue weighted by Crippen LogP contribution is -2.31. The van der Waals surface area contributed by atoms with Crippen molar-refractivity contribution in [3.8, 4) is 0 Å². The number of hydrogen-bond donors (Lipinski definition) is 1. The molecule has 0 bridgehead atoms. The van der Waals surface area contributed by atoms with Crippen LogP contribution in [0.5, 0.6) is 0 Å². The molecule has 1 aliphatic carbocycles. The summed E-state index contributed by atoms with van der Waals surface area (Å²) in [5, 5.41) is 4.70. The van der Waals surface area contributed by atoms with Crippen molar-refractivity contribution >= 4 is 29.2 Å². The van der Waals surface area contributed by atoms with Crippen LogP contribution in [0.2, 0.25) is 10.0 Å². The van der Waals surface area contributed by atoms with Crippen LogP contribution in [0, 0.1) is 11.8 Å². The Morgan fingerprint density at radius 2 is 2.23 bits per heavy atom. The van der Waals surface area contributed by atoms with E-state index in [9.17, 15) is 4.79 Å². The lowest BCUT2D eigenvalue weighted by Gasteiger charge is -2.29. The van der Waals surface area contributed by atoms with Crippen molar-refractivity contribution in [2.45, 2.75) is 31.6 Å². The summed E-state index contributed by atoms with van der Waals surface area (Å²) in [6.07, 6.45) is 2.58. The number of benzene rings is 1. The second-order valence-corrected chi connectivity index (χ2v) is 7.24. The van der Waals surface area contributed by atoms with E-state index in [0.29, 0.717) is 34.9 Å². The van der Waals surface area contributed by atoms with E-state index in [0.717, 1.165) is 25.9 Å². The molecule has 2 aliphatic rings. The maximum atomic E-state index is 11.8. The van der Waals surface area contributed by atoms with Crippen molar-refractivity contribution in [3.05, 3.63) is 33.8 Å². The minimum absolute atomic E-state index is 0.0748. The Balaban J connectivity index is 1.81. The molecule has 1 N–H and O–H groups in total. The lowest BCUT2D eigenvalue weighted by molar-refractivity contribution is -0.144. The second-order valence-electron chi connectivity index (χ2n) is 6.43. The zero-order chi connectivity index (χ0) is 15.7. The van der Waals surface area contributed by atoms with Crippen LogP contribution in [0.15, 0.2) is 18.2 Å². The van der Waals surface area contributed by atoms with Crippen LogP contribution in [0.1, 0.15) is 31.7 Å². The smallest absolute Gasteiger partial charge is 0.306 e. The molecule has 0 aromatic heterocycles. The summed E-state index contributed by atoms with van der Waals surface area (Å²) in [5.41, 5.74) is 1.31. The zero-order valence-corrected chi connectivity index (χ0v) is 14.2. The number of halogens is 2. The van der Waals surface area contributed by atoms with E-state index in [4.69, 9.17) is 27.9 Å². The number of esters is 1. The van der Waals surface area contributed by atoms with E-state index in [-0.39, 0.29) is 11.4 Å². The Morgan fingerprint density at radius 3 is 2.95 bits per heavy atom. The van der Waals surface area contributed by atoms with Crippen molar-refractivity contribution < 1.29 is 9.53 Å². The van der Waals surface area contributed by atoms with Gasteiger partial charge in [0.05, 0.1) is 16.7 Å². The first-order chi connectivity index (χ1) is 10.5. The van der Waals surface area contributed by atoms with Gasteiger partial charge in [0.1, 0.15) is 0 Å². The quantitative estimate of drug-likeness (QED) is 0.846. The van der Waals surface area contributed by atoms with Crippen molar-refractivity contribution in [2.75, 3.05) is 19.7 Å². The molecule has 1 aromatic carbocycles. The average Bonchev–Trinajstić information content (AvgIpc) is 2.99. The summed E-state index contributed by atoms with van der Waals surface area (Å²) in [6, 6.07) is 5.96. The van der Waals surface area contributed by atoms with Crippen molar-refractivity contribution in [3.63, 3.8) is 0 Å². The molecule has 0 radical (unpaired) electrons. The Hall–Kier alpha value is -0.770. The van der Waals surface area contributed by atoms with Crippen LogP contribution in [-0.2, 0) is 14.9 Å². The minimum Gasteiger partial charge on any atom is -0.466 e. The number of hydrogen-bond acceptors (Lipinski definition) is 3. The van der Waals surface area contributed by atoms with Gasteiger partial charge in [0.2, 0.25) is 0 Å². The summed E-state index contributed by atoms with van der Waals surface area (Å²) in [7, 11) is 0. The zero-order valence-electron chi connectivity index (χ0n) is 12.7. The van der Waals surface area contributed by atoms with E-state index in [1.807, 2.05) is 19.1 Å². The van der Waals surface area contributed by atoms with Gasteiger partial charge in [-0.05, 0) is 55.8 Å². The third-order valence-corrected chi connectivity index (χ3v) is 5.88. The molecule has 0 spiro atoms. The Labute approximate surface area is 141 Å². The summed E-state index contributed by atoms with van der Waals surface area (Å²) in [4.78, 5) is 11.8. The van der Waals surface area contributed by atoms with Crippen LogP contribution in [0.25, 0.3) is 0 Å². The van der Waals surface area contributed by atoms with Crippen molar-refractivity contribution in [1.82, 2.24) is 5.32 Å². The van der Waals surface area contributed by atoms with E-state index in [2.05, 4.69) is 11.4 Å². The van der Waals surface area contributed by atoms with Gasteiger partial charge < -0.3 is 10.1 Å². The summed E-state index contributed by atoms with van der Waals surface area (Å²) < 4.78 is 5.11. The molecule has 3 atom stereocenters. The maximum Gasteiger partial charge on any atom is 0.306 e. The normalized spacial score (nSPS) is 30.3. The second kappa shape index (κ2) is 6.38. The van der Waals surface area contributed by atoms with Crippen LogP contribution in [0.4, 0.5) is 0 Å². The van der Waals surface area contributed by atoms with E-state index >= 15 is 0 Å². The molecule has 3 rings (SSSR count). The van der Waals surface area contributed by atoms with Gasteiger partial charge in [0.25, 0.3) is 0 Å². The van der Waals surface area contributed by atoms with Crippen molar-refractivity contribution in [2.24, 2.45) is 11.8 Å². The standard InChI is InChI=1S/C17H21Cl2NO2/c1-2-22-16(21)6-11-5-13-9-20-10-17(13,8-11)12-3-4-14(18)15(19)7-12/h3-4,7,11,13,20H,2,5-6,8-10H2,1H3/t11-,13+,17-/m0/s1. The van der Waals surface area contributed by atoms with Crippen LogP contribution in [0.3, 0.4) is 0 Å². The number of fused-ring (bicyclic) bond motifs is 1. The van der Waals surface area contributed by atoms with E-state index in [1.54, 1.807) is 0 Å². The van der Waals surface area contributed by atoms with Gasteiger partial charge in [-0.2, -0.15) is 0 Å². The summed E-state index contributed by atoms with van der Waals surface area (Å²) >= 11 is 12.3. The summed E-state index contributed by atoms with van der Waals surface area (Å²) in [5.74, 6) is 0.856. The van der Waals surface area contributed by atoms with Gasteiger partial charge in [-0.25, -0.2) is 0 Å². The highest BCUT2D eigenvalue weighted by Gasteiger charge is 2.51. The molecule has 1 aliphatic heterocycles. The molecule has 0 amide bonds. The number of carbonyl (C=O) groups is 1. The third-order valence-electron chi connectivity index (χ3n) is 5.14. The lowest BCUT2D eigenvalue weighted by atomic mass is 9.74. The molecule has 1 heterocycles. The fourth-order valence-corrected chi connectivity index (χ4v) is 4.53. The predicted molar refractivity (Wildman–Crippen MR) is 88.5 cm³/mol. The average molecular weight is 342 g/mol. The molecule has 5 heteroatoms. The Morgan fingerprint density at radius 1 is 1.41 bits per heavy atom. The van der Waals surface area contributed by atoms with E-state index in [1.165, 1.54) is 5.56 Å². The van der Waals surface area contributed by atoms with Gasteiger partial charge >= 0.3 is 5.97 Å². The molecule has 1 saturated heterocycles. The van der Waals surface area contributed by atoms with Gasteiger partial charge in [-0.3, -0.25) is 4.79 Å². The number of rotatable bonds is 4. The first-order valence-electron chi connectivity index (χ1n) is 7.87. The number of ether oxygens (including phenoxy) is 1. The first kappa shape index (κ1) is 16.1. The van der Waals surface area contributed by atoms with Crippen LogP contribution in [-0.4, -0.2) is 25.7 Å². The monoisotopic (exact) mass is 341 g/mol. The van der Waals surface area contributed by atoms with E-state index < -0.39 is 0 Å². The highest BCUT2D eigenvalue weighted by Crippen LogP contribution is 2.52. The van der Waals surface area contributed by atoms with Gasteiger partial charge in [-0.15, -0.1) is 0 Å². The van der Waals surface area contributed by atoms with Crippen LogP contribution < -0.4 is 5.32 Å². The molecule has 1 saturated carbocycles. The molecule has 1 aromatic rings. The molecular weight excluding hydrogens is 321 g/mol. The van der Waals surface area contributed by atoms with Gasteiger partial charge in [0.15, 0.2) is 0 Å². The molecule has 3 nitrogen and oxygen atoms in total. The van der Waals surface area contributed by atoms with Crippen LogP contribution >= 0.6 is 23.2 Å². The Bertz CT molecular complexity index is 578. The third kappa shape index (κ3) is 2.86. The first-order valence-corrected chi connectivity index (χ1v) is 8.62. The highest BCUT2D eigenvalue weighted by atomic mass is 35.5. The fraction of sp³-hybridized carbons (Fsp3) is 0.588. The SMILES string of the molecule is CCOC(=O)C[C@@H]1C[C@@H]2CNC[C@]2(c2ccc(Cl)c(Cl)c2)C1. The highest BCUT2D eigenvalue weighted by molar-refractivity contribution is 6.42. The predicted octanol–water partition coefficient (Wildman–Crippen LogP) is 3.81. The minimum atomic E-state index is -0.0790. The summed E-state index contributed by atoms with van der Waals surface area (Å²) in [6.45, 7) is 4.24. The van der Waals surface area contributed by atoms with Gasteiger partial charge in [0, 0.05) is 18.4 Å². The fourth-order valence-electron chi connectivity index (χ4n) is 4.23. The Kier molecular flexibility index (Phi) is 4.67. The number of nitrogens with one attached hydrogen (secondary N) is 1. The van der Waals surface area contributed by atoms with Gasteiger partial charge in [-0.1, -0.05) is 29.3 Å². The largest absolute Gasteiger partial charge is 0.466 e. The molecule has 120 valence electrons. The van der Waals surface area contributed by atoms with Crippen molar-refractivity contribution in [1.29, 1.82) is 0 Å². The number of carbonyl (C=O) groups excluding carboxylic acids is 1. The maximum absolute atomic E-state index is 11.8. The molecule has 22 heavy (non-hydrogen) atoms. The topological polar surface area (TPSA) is 38.3 Å². The molecular formula is C17H21Cl2NO2. The molecule has 2 fully saturated rings. The molecule has 0 unspecified atom stereocenters.